The molecule has 100 valence electrons. The number of benzene rings is 1. The first-order valence-electron chi connectivity index (χ1n) is 5.35. The van der Waals surface area contributed by atoms with Crippen molar-refractivity contribution in [3.63, 3.8) is 0 Å². The van der Waals surface area contributed by atoms with Crippen molar-refractivity contribution in [1.29, 1.82) is 0 Å². The zero-order valence-corrected chi connectivity index (χ0v) is 10.3. The van der Waals surface area contributed by atoms with E-state index in [4.69, 9.17) is 11.6 Å². The predicted octanol–water partition coefficient (Wildman–Crippen LogP) is 3.91. The maximum atomic E-state index is 12.7. The molecule has 2 aromatic rings. The van der Waals surface area contributed by atoms with E-state index in [-0.39, 0.29) is 17.3 Å². The smallest absolute Gasteiger partial charge is 0.392 e. The molecule has 1 heterocycles. The Balaban J connectivity index is 2.60. The van der Waals surface area contributed by atoms with E-state index < -0.39 is 11.7 Å². The molecule has 0 radical (unpaired) electrons. The van der Waals surface area contributed by atoms with E-state index in [9.17, 15) is 18.3 Å². The van der Waals surface area contributed by atoms with Gasteiger partial charge in [-0.2, -0.15) is 13.2 Å². The molecule has 0 atom stereocenters. The first-order chi connectivity index (χ1) is 8.93. The highest BCUT2D eigenvalue weighted by molar-refractivity contribution is 6.32. The Morgan fingerprint density at radius 1 is 1.21 bits per heavy atom. The van der Waals surface area contributed by atoms with E-state index in [1.54, 1.807) is 0 Å². The van der Waals surface area contributed by atoms with E-state index in [2.05, 4.69) is 4.98 Å². The number of nitrogens with zero attached hydrogens (tertiary/aromatic N) is 1. The van der Waals surface area contributed by atoms with E-state index in [1.165, 1.54) is 24.4 Å². The number of aromatic nitrogens is 1. The minimum Gasteiger partial charge on any atom is -0.392 e. The summed E-state index contributed by atoms with van der Waals surface area (Å²) in [5.41, 5.74) is 0.253. The summed E-state index contributed by atoms with van der Waals surface area (Å²) < 4.78 is 38.0. The minimum absolute atomic E-state index is 0.0610. The quantitative estimate of drug-likeness (QED) is 0.850. The Morgan fingerprint density at radius 2 is 1.95 bits per heavy atom. The van der Waals surface area contributed by atoms with Crippen LogP contribution in [0.5, 0.6) is 0 Å². The predicted molar refractivity (Wildman–Crippen MR) is 65.6 cm³/mol. The first kappa shape index (κ1) is 13.8. The average molecular weight is 288 g/mol. The van der Waals surface area contributed by atoms with Crippen LogP contribution < -0.4 is 0 Å². The highest BCUT2D eigenvalue weighted by Gasteiger charge is 2.30. The summed E-state index contributed by atoms with van der Waals surface area (Å²) in [7, 11) is 0. The molecule has 0 saturated heterocycles. The third-order valence-corrected chi connectivity index (χ3v) is 2.93. The van der Waals surface area contributed by atoms with Crippen molar-refractivity contribution in [3.05, 3.63) is 52.8 Å². The van der Waals surface area contributed by atoms with E-state index in [0.717, 1.165) is 12.1 Å². The molecule has 0 amide bonds. The van der Waals surface area contributed by atoms with Crippen LogP contribution in [0.25, 0.3) is 11.1 Å². The van der Waals surface area contributed by atoms with E-state index in [0.29, 0.717) is 11.1 Å². The maximum Gasteiger partial charge on any atom is 0.416 e. The molecule has 0 spiro atoms. The van der Waals surface area contributed by atoms with Crippen molar-refractivity contribution in [1.82, 2.24) is 4.98 Å². The van der Waals surface area contributed by atoms with Gasteiger partial charge in [0.15, 0.2) is 0 Å². The topological polar surface area (TPSA) is 33.1 Å². The van der Waals surface area contributed by atoms with Gasteiger partial charge in [0.1, 0.15) is 5.15 Å². The van der Waals surface area contributed by atoms with Crippen LogP contribution in [-0.2, 0) is 12.8 Å². The number of rotatable bonds is 2. The third kappa shape index (κ3) is 2.88. The molecule has 2 rings (SSSR count). The Hall–Kier alpha value is -1.59. The second-order valence-corrected chi connectivity index (χ2v) is 4.23. The lowest BCUT2D eigenvalue weighted by molar-refractivity contribution is -0.137. The van der Waals surface area contributed by atoms with Gasteiger partial charge >= 0.3 is 6.18 Å². The minimum atomic E-state index is -4.43. The Labute approximate surface area is 112 Å². The number of hydrogen-bond acceptors (Lipinski definition) is 2. The molecule has 1 aromatic heterocycles. The van der Waals surface area contributed by atoms with Gasteiger partial charge in [0.05, 0.1) is 12.2 Å². The van der Waals surface area contributed by atoms with Gasteiger partial charge < -0.3 is 5.11 Å². The fourth-order valence-corrected chi connectivity index (χ4v) is 2.05. The fourth-order valence-electron chi connectivity index (χ4n) is 1.76. The van der Waals surface area contributed by atoms with Gasteiger partial charge in [0, 0.05) is 11.8 Å². The summed E-state index contributed by atoms with van der Waals surface area (Å²) in [5, 5.41) is 9.29. The highest BCUT2D eigenvalue weighted by atomic mass is 35.5. The Morgan fingerprint density at radius 3 is 2.58 bits per heavy atom. The summed E-state index contributed by atoms with van der Waals surface area (Å²) in [6.07, 6.45) is -3.03. The summed E-state index contributed by atoms with van der Waals surface area (Å²) in [6.45, 7) is -0.326. The lowest BCUT2D eigenvalue weighted by Gasteiger charge is -2.12. The lowest BCUT2D eigenvalue weighted by Crippen LogP contribution is -2.05. The van der Waals surface area contributed by atoms with Crippen molar-refractivity contribution >= 4 is 11.6 Å². The molecule has 0 aliphatic carbocycles. The number of hydrogen-bond donors (Lipinski definition) is 1. The normalized spacial score (nSPS) is 11.6. The van der Waals surface area contributed by atoms with Gasteiger partial charge in [-0.1, -0.05) is 23.7 Å². The van der Waals surface area contributed by atoms with Crippen LogP contribution in [0.4, 0.5) is 13.2 Å². The van der Waals surface area contributed by atoms with Crippen molar-refractivity contribution in [2.24, 2.45) is 0 Å². The number of aliphatic hydroxyl groups is 1. The molecule has 0 aliphatic rings. The third-order valence-electron chi connectivity index (χ3n) is 2.64. The van der Waals surface area contributed by atoms with Crippen LogP contribution in [-0.4, -0.2) is 10.1 Å². The molecule has 2 nitrogen and oxygen atoms in total. The molecule has 0 saturated carbocycles. The van der Waals surface area contributed by atoms with Gasteiger partial charge in [-0.05, 0) is 29.3 Å². The molecular formula is C13H9ClF3NO. The molecule has 1 aromatic carbocycles. The molecule has 6 heteroatoms. The fraction of sp³-hybridized carbons (Fsp3) is 0.154. The van der Waals surface area contributed by atoms with Crippen molar-refractivity contribution in [2.75, 3.05) is 0 Å². The van der Waals surface area contributed by atoms with Crippen LogP contribution >= 0.6 is 11.6 Å². The second kappa shape index (κ2) is 5.19. The summed E-state index contributed by atoms with van der Waals surface area (Å²) in [5.74, 6) is 0. The second-order valence-electron chi connectivity index (χ2n) is 3.87. The van der Waals surface area contributed by atoms with Crippen LogP contribution in [0, 0.1) is 0 Å². The zero-order valence-electron chi connectivity index (χ0n) is 9.58. The van der Waals surface area contributed by atoms with Crippen molar-refractivity contribution in [2.45, 2.75) is 12.8 Å². The SMILES string of the molecule is OCc1ccnc(Cl)c1-c1cccc(C(F)(F)F)c1. The largest absolute Gasteiger partial charge is 0.416 e. The van der Waals surface area contributed by atoms with Gasteiger partial charge in [-0.25, -0.2) is 4.98 Å². The standard InChI is InChI=1S/C13H9ClF3NO/c14-12-11(9(7-19)4-5-18-12)8-2-1-3-10(6-8)13(15,16)17/h1-6,19H,7H2. The van der Waals surface area contributed by atoms with Gasteiger partial charge in [-0.3, -0.25) is 0 Å². The van der Waals surface area contributed by atoms with Crippen LogP contribution in [0.15, 0.2) is 36.5 Å². The summed E-state index contributed by atoms with van der Waals surface area (Å²) in [6, 6.07) is 6.27. The molecule has 0 aliphatic heterocycles. The van der Waals surface area contributed by atoms with Crippen molar-refractivity contribution < 1.29 is 18.3 Å². The molecule has 0 fully saturated rings. The van der Waals surface area contributed by atoms with E-state index >= 15 is 0 Å². The molecule has 0 bridgehead atoms. The maximum absolute atomic E-state index is 12.7. The van der Waals surface area contributed by atoms with Crippen LogP contribution in [0.2, 0.25) is 5.15 Å². The average Bonchev–Trinajstić information content (AvgIpc) is 2.37. The number of halogens is 4. The Kier molecular flexibility index (Phi) is 3.78. The summed E-state index contributed by atoms with van der Waals surface area (Å²) >= 11 is 5.91. The lowest BCUT2D eigenvalue weighted by atomic mass is 10.0. The van der Waals surface area contributed by atoms with E-state index in [1.807, 2.05) is 0 Å². The zero-order chi connectivity index (χ0) is 14.0. The van der Waals surface area contributed by atoms with Crippen molar-refractivity contribution in [3.8, 4) is 11.1 Å². The summed E-state index contributed by atoms with van der Waals surface area (Å²) in [4.78, 5) is 3.83. The highest BCUT2D eigenvalue weighted by Crippen LogP contribution is 2.35. The monoisotopic (exact) mass is 287 g/mol. The van der Waals surface area contributed by atoms with Gasteiger partial charge in [0.25, 0.3) is 0 Å². The number of alkyl halides is 3. The van der Waals surface area contributed by atoms with Crippen LogP contribution in [0.3, 0.4) is 0 Å². The molecular weight excluding hydrogens is 279 g/mol. The molecule has 0 unspecified atom stereocenters. The van der Waals surface area contributed by atoms with Gasteiger partial charge in [-0.15, -0.1) is 0 Å². The molecule has 1 N–H and O–H groups in total. The van der Waals surface area contributed by atoms with Gasteiger partial charge in [0.2, 0.25) is 0 Å². The molecule has 19 heavy (non-hydrogen) atoms. The first-order valence-corrected chi connectivity index (χ1v) is 5.73. The Bertz CT molecular complexity index is 599. The number of pyridine rings is 1. The number of aliphatic hydroxyl groups excluding tert-OH is 1. The van der Waals surface area contributed by atoms with Crippen LogP contribution in [0.1, 0.15) is 11.1 Å².